The van der Waals surface area contributed by atoms with Crippen LogP contribution in [0.4, 0.5) is 10.3 Å². The van der Waals surface area contributed by atoms with Crippen molar-refractivity contribution < 1.29 is 19.0 Å². The van der Waals surface area contributed by atoms with Crippen LogP contribution >= 0.6 is 0 Å². The third kappa shape index (κ3) is 5.59. The average Bonchev–Trinajstić information content (AvgIpc) is 3.84. The number of carbonyl (C=O) groups is 1. The number of methoxy groups -OCH3 is 1. The molecule has 2 aromatic carbocycles. The Morgan fingerprint density at radius 1 is 0.955 bits per heavy atom. The molecule has 3 heterocycles. The van der Waals surface area contributed by atoms with Crippen molar-refractivity contribution in [3.63, 3.8) is 0 Å². The number of aromatic nitrogens is 3. The maximum Gasteiger partial charge on any atom is 0.261 e. The van der Waals surface area contributed by atoms with E-state index in [1.165, 1.54) is 31.6 Å². The number of ether oxygens (including phenoxy) is 1. The minimum absolute atomic E-state index is 0.0690. The lowest BCUT2D eigenvalue weighted by Gasteiger charge is -2.32. The third-order valence-electron chi connectivity index (χ3n) is 9.73. The number of benzene rings is 2. The van der Waals surface area contributed by atoms with Crippen LogP contribution in [0.15, 0.2) is 48.5 Å². The Hall–Kier alpha value is -3.82. The van der Waals surface area contributed by atoms with E-state index >= 15 is 4.39 Å². The number of nitrogens with one attached hydrogen (secondary N) is 1. The molecule has 1 saturated heterocycles. The number of carbonyl (C=O) groups excluding carboxylic acids is 1. The lowest BCUT2D eigenvalue weighted by molar-refractivity contribution is 0.101. The highest BCUT2D eigenvalue weighted by molar-refractivity contribution is 6.05. The van der Waals surface area contributed by atoms with Crippen molar-refractivity contribution in [2.24, 2.45) is 0 Å². The van der Waals surface area contributed by atoms with Crippen molar-refractivity contribution in [2.45, 2.75) is 82.4 Å². The molecule has 4 aromatic rings. The van der Waals surface area contributed by atoms with Crippen LogP contribution in [0.25, 0.3) is 22.3 Å². The molecule has 1 aliphatic heterocycles. The number of hydrogen-bond acceptors (Lipinski definition) is 6. The Bertz CT molecular complexity index is 1680. The molecular formula is C35H40FN5O3. The van der Waals surface area contributed by atoms with E-state index in [9.17, 15) is 9.90 Å². The largest absolute Gasteiger partial charge is 0.496 e. The number of fused-ring (bicyclic) bond motifs is 1. The fraction of sp³-hybridized carbons (Fsp3) is 0.457. The standard InChI is InChI=1S/C35H40FN5O3/c1-21-19-28(32(36)33(37-21)27-5-3-4-6-31(27)44-2)34(43)39-35-38-29-20-23(22-15-17-40(18-16-22)24-8-9-24)7-14-30(29)41(35)25-10-12-26(42)13-11-25/h3-7,14,19-20,22,24-26,42H,8-13,15-18H2,1-2H3,(H,38,39,43). The summed E-state index contributed by atoms with van der Waals surface area (Å²) < 4.78 is 23.5. The molecule has 230 valence electrons. The number of para-hydroxylation sites is 1. The van der Waals surface area contributed by atoms with Crippen molar-refractivity contribution in [3.05, 3.63) is 71.2 Å². The number of hydrogen-bond donors (Lipinski definition) is 2. The first-order valence-electron chi connectivity index (χ1n) is 16.0. The van der Waals surface area contributed by atoms with E-state index in [1.807, 2.05) is 0 Å². The zero-order valence-corrected chi connectivity index (χ0v) is 25.4. The Labute approximate surface area is 257 Å². The molecule has 1 amide bonds. The summed E-state index contributed by atoms with van der Waals surface area (Å²) in [5, 5.41) is 13.2. The molecule has 44 heavy (non-hydrogen) atoms. The number of likely N-dealkylation sites (tertiary alicyclic amines) is 1. The third-order valence-corrected chi connectivity index (χ3v) is 9.73. The second kappa shape index (κ2) is 11.9. The van der Waals surface area contributed by atoms with Gasteiger partial charge in [0.25, 0.3) is 5.91 Å². The number of pyridine rings is 1. The molecule has 2 saturated carbocycles. The fourth-order valence-electron chi connectivity index (χ4n) is 7.19. The molecule has 3 fully saturated rings. The summed E-state index contributed by atoms with van der Waals surface area (Å²) in [4.78, 5) is 25.8. The number of amides is 1. The van der Waals surface area contributed by atoms with Gasteiger partial charge in [0.2, 0.25) is 5.95 Å². The van der Waals surface area contributed by atoms with Crippen molar-refractivity contribution >= 4 is 22.9 Å². The molecule has 0 unspecified atom stereocenters. The van der Waals surface area contributed by atoms with Crippen molar-refractivity contribution in [1.29, 1.82) is 0 Å². The molecular weight excluding hydrogens is 557 g/mol. The molecule has 2 N–H and O–H groups in total. The maximum absolute atomic E-state index is 16.0. The normalized spacial score (nSPS) is 21.5. The lowest BCUT2D eigenvalue weighted by Crippen LogP contribution is -2.34. The van der Waals surface area contributed by atoms with E-state index in [4.69, 9.17) is 9.72 Å². The van der Waals surface area contributed by atoms with Crippen LogP contribution in [0.1, 0.15) is 84.9 Å². The Balaban J connectivity index is 1.22. The minimum atomic E-state index is -0.708. The molecule has 9 heteroatoms. The van der Waals surface area contributed by atoms with Crippen LogP contribution in [0.3, 0.4) is 0 Å². The molecule has 8 nitrogen and oxygen atoms in total. The molecule has 2 aromatic heterocycles. The van der Waals surface area contributed by atoms with E-state index in [0.29, 0.717) is 41.7 Å². The minimum Gasteiger partial charge on any atom is -0.496 e. The predicted molar refractivity (Wildman–Crippen MR) is 169 cm³/mol. The monoisotopic (exact) mass is 597 g/mol. The zero-order chi connectivity index (χ0) is 30.4. The summed E-state index contributed by atoms with van der Waals surface area (Å²) in [5.74, 6) is 0.0840. The predicted octanol–water partition coefficient (Wildman–Crippen LogP) is 6.62. The number of nitrogens with zero attached hydrogens (tertiary/aromatic N) is 4. The van der Waals surface area contributed by atoms with Gasteiger partial charge in [-0.1, -0.05) is 18.2 Å². The van der Waals surface area contributed by atoms with Gasteiger partial charge in [0.1, 0.15) is 11.4 Å². The van der Waals surface area contributed by atoms with E-state index in [0.717, 1.165) is 55.8 Å². The smallest absolute Gasteiger partial charge is 0.261 e. The van der Waals surface area contributed by atoms with Gasteiger partial charge in [0.05, 0.1) is 29.8 Å². The quantitative estimate of drug-likeness (QED) is 0.249. The van der Waals surface area contributed by atoms with Crippen LogP contribution in [0.5, 0.6) is 5.75 Å². The highest BCUT2D eigenvalue weighted by atomic mass is 19.1. The molecule has 0 atom stereocenters. The van der Waals surface area contributed by atoms with Crippen LogP contribution in [0.2, 0.25) is 0 Å². The van der Waals surface area contributed by atoms with Crippen molar-refractivity contribution in [3.8, 4) is 17.0 Å². The first-order valence-corrected chi connectivity index (χ1v) is 16.0. The molecule has 0 bridgehead atoms. The SMILES string of the molecule is COc1ccccc1-c1nc(C)cc(C(=O)Nc2nc3cc(C4CCN(C5CC5)CC4)ccc3n2C2CCC(O)CC2)c1F. The van der Waals surface area contributed by atoms with Crippen molar-refractivity contribution in [2.75, 3.05) is 25.5 Å². The van der Waals surface area contributed by atoms with Crippen LogP contribution in [-0.2, 0) is 0 Å². The van der Waals surface area contributed by atoms with Gasteiger partial charge in [-0.2, -0.15) is 0 Å². The molecule has 0 radical (unpaired) electrons. The average molecular weight is 598 g/mol. The van der Waals surface area contributed by atoms with Gasteiger partial charge in [0.15, 0.2) is 5.82 Å². The van der Waals surface area contributed by atoms with Crippen LogP contribution < -0.4 is 10.1 Å². The van der Waals surface area contributed by atoms with Crippen molar-refractivity contribution in [1.82, 2.24) is 19.4 Å². The highest BCUT2D eigenvalue weighted by Crippen LogP contribution is 2.39. The number of aryl methyl sites for hydroxylation is 1. The zero-order valence-electron chi connectivity index (χ0n) is 25.4. The number of imidazole rings is 1. The first-order chi connectivity index (χ1) is 21.4. The second-order valence-corrected chi connectivity index (χ2v) is 12.7. The summed E-state index contributed by atoms with van der Waals surface area (Å²) in [5.41, 5.74) is 4.03. The van der Waals surface area contributed by atoms with E-state index in [1.54, 1.807) is 31.2 Å². The molecule has 2 aliphatic carbocycles. The molecule has 3 aliphatic rings. The summed E-state index contributed by atoms with van der Waals surface area (Å²) in [6, 6.07) is 15.9. The number of halogens is 1. The lowest BCUT2D eigenvalue weighted by atomic mass is 9.89. The Morgan fingerprint density at radius 3 is 2.41 bits per heavy atom. The van der Waals surface area contributed by atoms with Crippen LogP contribution in [-0.4, -0.2) is 62.8 Å². The number of aliphatic hydroxyl groups excluding tert-OH is 1. The van der Waals surface area contributed by atoms with Gasteiger partial charge in [0, 0.05) is 23.3 Å². The first kappa shape index (κ1) is 28.9. The van der Waals surface area contributed by atoms with Gasteiger partial charge >= 0.3 is 0 Å². The number of rotatable bonds is 7. The summed E-state index contributed by atoms with van der Waals surface area (Å²) >= 11 is 0. The Morgan fingerprint density at radius 2 is 1.68 bits per heavy atom. The topological polar surface area (TPSA) is 92.5 Å². The van der Waals surface area contributed by atoms with E-state index < -0.39 is 11.7 Å². The summed E-state index contributed by atoms with van der Waals surface area (Å²) in [7, 11) is 1.53. The van der Waals surface area contributed by atoms with Gasteiger partial charge in [-0.3, -0.25) is 10.1 Å². The second-order valence-electron chi connectivity index (χ2n) is 12.7. The highest BCUT2D eigenvalue weighted by Gasteiger charge is 2.33. The molecule has 7 rings (SSSR count). The van der Waals surface area contributed by atoms with Crippen LogP contribution in [0, 0.1) is 12.7 Å². The fourth-order valence-corrected chi connectivity index (χ4v) is 7.19. The maximum atomic E-state index is 16.0. The number of anilines is 1. The van der Waals surface area contributed by atoms with Gasteiger partial charge in [-0.25, -0.2) is 14.4 Å². The van der Waals surface area contributed by atoms with E-state index in [-0.39, 0.29) is 23.4 Å². The van der Waals surface area contributed by atoms with E-state index in [2.05, 4.69) is 38.0 Å². The Kier molecular flexibility index (Phi) is 7.84. The number of aliphatic hydroxyl groups is 1. The molecule has 0 spiro atoms. The van der Waals surface area contributed by atoms with Gasteiger partial charge < -0.3 is 19.3 Å². The summed E-state index contributed by atoms with van der Waals surface area (Å²) in [6.07, 6.45) is 7.58. The number of piperidine rings is 1. The summed E-state index contributed by atoms with van der Waals surface area (Å²) in [6.45, 7) is 4.02. The van der Waals surface area contributed by atoms with Gasteiger partial charge in [-0.05, 0) is 113 Å². The van der Waals surface area contributed by atoms with Gasteiger partial charge in [-0.15, -0.1) is 0 Å².